The Bertz CT molecular complexity index is 437. The molecule has 1 rings (SSSR count). The van der Waals surface area contributed by atoms with Crippen LogP contribution >= 0.6 is 0 Å². The molecule has 1 aliphatic rings. The fourth-order valence-electron chi connectivity index (χ4n) is 2.78. The number of ketones is 1. The van der Waals surface area contributed by atoms with E-state index in [4.69, 9.17) is 9.16 Å². The molecule has 0 heterocycles. The van der Waals surface area contributed by atoms with E-state index in [0.29, 0.717) is 19.4 Å². The van der Waals surface area contributed by atoms with E-state index in [1.807, 2.05) is 6.08 Å². The number of ether oxygens (including phenoxy) is 1. The van der Waals surface area contributed by atoms with Crippen LogP contribution in [0.2, 0.25) is 19.6 Å². The van der Waals surface area contributed by atoms with Gasteiger partial charge in [-0.05, 0) is 57.0 Å². The van der Waals surface area contributed by atoms with E-state index in [1.165, 1.54) is 0 Å². The van der Waals surface area contributed by atoms with Gasteiger partial charge >= 0.3 is 5.97 Å². The highest BCUT2D eigenvalue weighted by molar-refractivity contribution is 6.69. The number of carbonyl (C=O) groups excluding carboxylic acids is 2. The molecule has 0 saturated heterocycles. The molecule has 138 valence electrons. The van der Waals surface area contributed by atoms with E-state index in [9.17, 15) is 9.59 Å². The van der Waals surface area contributed by atoms with E-state index in [1.54, 1.807) is 0 Å². The molecular weight excluding hydrogens is 320 g/mol. The first-order valence-electron chi connectivity index (χ1n) is 9.39. The molecule has 1 atom stereocenters. The molecule has 5 heteroatoms. The third-order valence-corrected chi connectivity index (χ3v) is 4.98. The number of esters is 1. The quantitative estimate of drug-likeness (QED) is 0.287. The second kappa shape index (κ2) is 10.8. The molecule has 0 N–H and O–H groups in total. The Labute approximate surface area is 148 Å². The number of rotatable bonds is 12. The van der Waals surface area contributed by atoms with Gasteiger partial charge in [-0.3, -0.25) is 9.59 Å². The zero-order valence-electron chi connectivity index (χ0n) is 15.9. The summed E-state index contributed by atoms with van der Waals surface area (Å²) in [6, 6.07) is 0. The second-order valence-corrected chi connectivity index (χ2v) is 12.0. The molecule has 0 spiro atoms. The standard InChI is InChI=1S/C19H34O4Si/c1-5-6-13-22-19(21)12-10-8-7-9-11-16-14-17(15-18(16)20)23-24(2,3)4/h14,17H,5-13,15H2,1-4H3/t17-/m0/s1. The largest absolute Gasteiger partial charge is 0.466 e. The van der Waals surface area contributed by atoms with Gasteiger partial charge in [0.25, 0.3) is 0 Å². The van der Waals surface area contributed by atoms with Gasteiger partial charge in [0.15, 0.2) is 14.1 Å². The first-order chi connectivity index (χ1) is 11.3. The van der Waals surface area contributed by atoms with Crippen molar-refractivity contribution in [3.8, 4) is 0 Å². The Morgan fingerprint density at radius 3 is 2.54 bits per heavy atom. The number of Topliss-reactive ketones (excluding diaryl/α,β-unsaturated/α-hetero) is 1. The molecule has 0 radical (unpaired) electrons. The Morgan fingerprint density at radius 1 is 1.17 bits per heavy atom. The minimum Gasteiger partial charge on any atom is -0.466 e. The molecule has 0 amide bonds. The van der Waals surface area contributed by atoms with E-state index >= 15 is 0 Å². The van der Waals surface area contributed by atoms with Crippen molar-refractivity contribution in [1.82, 2.24) is 0 Å². The minimum atomic E-state index is -1.59. The van der Waals surface area contributed by atoms with Gasteiger partial charge in [0, 0.05) is 12.8 Å². The fourth-order valence-corrected chi connectivity index (χ4v) is 3.84. The average molecular weight is 355 g/mol. The Kier molecular flexibility index (Phi) is 9.52. The molecule has 1 aliphatic carbocycles. The first kappa shape index (κ1) is 21.1. The van der Waals surface area contributed by atoms with E-state index in [-0.39, 0.29) is 17.9 Å². The van der Waals surface area contributed by atoms with Crippen molar-refractivity contribution in [1.29, 1.82) is 0 Å². The van der Waals surface area contributed by atoms with Crippen molar-refractivity contribution in [2.45, 2.75) is 90.5 Å². The zero-order chi connectivity index (χ0) is 18.0. The van der Waals surface area contributed by atoms with Crippen molar-refractivity contribution in [2.24, 2.45) is 0 Å². The molecule has 0 aliphatic heterocycles. The van der Waals surface area contributed by atoms with Crippen LogP contribution in [0.4, 0.5) is 0 Å². The Morgan fingerprint density at radius 2 is 1.88 bits per heavy atom. The van der Waals surface area contributed by atoms with E-state index in [2.05, 4.69) is 26.6 Å². The molecule has 24 heavy (non-hydrogen) atoms. The summed E-state index contributed by atoms with van der Waals surface area (Å²) >= 11 is 0. The summed E-state index contributed by atoms with van der Waals surface area (Å²) in [6.45, 7) is 9.08. The third-order valence-electron chi connectivity index (χ3n) is 3.97. The highest BCUT2D eigenvalue weighted by Gasteiger charge is 2.28. The molecule has 0 aromatic heterocycles. The average Bonchev–Trinajstić information content (AvgIpc) is 2.80. The number of hydrogen-bond acceptors (Lipinski definition) is 4. The van der Waals surface area contributed by atoms with Gasteiger partial charge in [-0.25, -0.2) is 0 Å². The van der Waals surface area contributed by atoms with Crippen molar-refractivity contribution in [3.63, 3.8) is 0 Å². The lowest BCUT2D eigenvalue weighted by Crippen LogP contribution is -2.30. The SMILES string of the molecule is CCCCOC(=O)CCCCCCC1=C[C@H](O[Si](C)(C)C)CC1=O. The number of unbranched alkanes of at least 4 members (excludes halogenated alkanes) is 4. The van der Waals surface area contributed by atoms with Crippen LogP contribution in [0.15, 0.2) is 11.6 Å². The molecule has 4 nitrogen and oxygen atoms in total. The van der Waals surface area contributed by atoms with Crippen LogP contribution in [0.3, 0.4) is 0 Å². The predicted molar refractivity (Wildman–Crippen MR) is 99.5 cm³/mol. The molecule has 0 fully saturated rings. The summed E-state index contributed by atoms with van der Waals surface area (Å²) < 4.78 is 11.1. The number of hydrogen-bond donors (Lipinski definition) is 0. The molecule has 0 aromatic carbocycles. The highest BCUT2D eigenvalue weighted by atomic mass is 28.4. The van der Waals surface area contributed by atoms with Gasteiger partial charge in [0.1, 0.15) is 0 Å². The minimum absolute atomic E-state index is 0.00272. The summed E-state index contributed by atoms with van der Waals surface area (Å²) in [5, 5.41) is 0. The van der Waals surface area contributed by atoms with E-state index < -0.39 is 8.32 Å². The normalized spacial score (nSPS) is 17.9. The lowest BCUT2D eigenvalue weighted by atomic mass is 10.0. The van der Waals surface area contributed by atoms with Crippen molar-refractivity contribution >= 4 is 20.1 Å². The maximum absolute atomic E-state index is 12.0. The fraction of sp³-hybridized carbons (Fsp3) is 0.789. The van der Waals surface area contributed by atoms with Gasteiger partial charge in [-0.15, -0.1) is 0 Å². The number of allylic oxidation sites excluding steroid dienone is 1. The highest BCUT2D eigenvalue weighted by Crippen LogP contribution is 2.25. The van der Waals surface area contributed by atoms with Crippen LogP contribution in [0.1, 0.15) is 64.7 Å². The summed E-state index contributed by atoms with van der Waals surface area (Å²) in [6.07, 6.45) is 9.82. The Balaban J connectivity index is 2.11. The third kappa shape index (κ3) is 9.38. The van der Waals surface area contributed by atoms with Crippen LogP contribution in [0.5, 0.6) is 0 Å². The molecular formula is C19H34O4Si. The topological polar surface area (TPSA) is 52.6 Å². The maximum atomic E-state index is 12.0. The van der Waals surface area contributed by atoms with Crippen LogP contribution in [-0.4, -0.2) is 32.8 Å². The predicted octanol–water partition coefficient (Wildman–Crippen LogP) is 4.79. The number of carbonyl (C=O) groups is 2. The lowest BCUT2D eigenvalue weighted by molar-refractivity contribution is -0.143. The molecule has 0 saturated carbocycles. The second-order valence-electron chi connectivity index (χ2n) is 7.58. The smallest absolute Gasteiger partial charge is 0.305 e. The summed E-state index contributed by atoms with van der Waals surface area (Å²) in [7, 11) is -1.59. The van der Waals surface area contributed by atoms with Gasteiger partial charge in [-0.2, -0.15) is 0 Å². The maximum Gasteiger partial charge on any atom is 0.305 e. The van der Waals surface area contributed by atoms with Crippen LogP contribution in [0, 0.1) is 0 Å². The van der Waals surface area contributed by atoms with Gasteiger partial charge in [0.05, 0.1) is 12.7 Å². The van der Waals surface area contributed by atoms with Crippen molar-refractivity contribution < 1.29 is 18.8 Å². The van der Waals surface area contributed by atoms with Gasteiger partial charge < -0.3 is 9.16 Å². The molecule has 0 aromatic rings. The van der Waals surface area contributed by atoms with Gasteiger partial charge in [0.2, 0.25) is 0 Å². The lowest BCUT2D eigenvalue weighted by Gasteiger charge is -2.21. The molecule has 0 unspecified atom stereocenters. The summed E-state index contributed by atoms with van der Waals surface area (Å²) in [5.74, 6) is 0.168. The van der Waals surface area contributed by atoms with Crippen LogP contribution in [-0.2, 0) is 18.8 Å². The van der Waals surface area contributed by atoms with Crippen molar-refractivity contribution in [2.75, 3.05) is 6.61 Å². The zero-order valence-corrected chi connectivity index (χ0v) is 16.9. The van der Waals surface area contributed by atoms with Gasteiger partial charge in [-0.1, -0.05) is 26.2 Å². The molecule has 0 bridgehead atoms. The van der Waals surface area contributed by atoms with E-state index in [0.717, 1.165) is 50.5 Å². The first-order valence-corrected chi connectivity index (χ1v) is 12.8. The van der Waals surface area contributed by atoms with Crippen LogP contribution < -0.4 is 0 Å². The summed E-state index contributed by atoms with van der Waals surface area (Å²) in [5.41, 5.74) is 0.942. The summed E-state index contributed by atoms with van der Waals surface area (Å²) in [4.78, 5) is 23.5. The monoisotopic (exact) mass is 354 g/mol. The Hall–Kier alpha value is -0.943. The van der Waals surface area contributed by atoms with Crippen LogP contribution in [0.25, 0.3) is 0 Å². The van der Waals surface area contributed by atoms with Crippen molar-refractivity contribution in [3.05, 3.63) is 11.6 Å².